The molecule has 0 aromatic carbocycles. The molecule has 1 aliphatic rings. The predicted octanol–water partition coefficient (Wildman–Crippen LogP) is 0.799. The molecule has 0 aromatic heterocycles. The second-order valence-corrected chi connectivity index (χ2v) is 3.86. The Balaban J connectivity index is 2.18. The van der Waals surface area contributed by atoms with E-state index in [4.69, 9.17) is 11.5 Å². The van der Waals surface area contributed by atoms with Gasteiger partial charge < -0.3 is 11.5 Å². The van der Waals surface area contributed by atoms with Crippen LogP contribution >= 0.6 is 0 Å². The number of hydrogen-bond donors (Lipinski definition) is 2. The number of hydrogen-bond acceptors (Lipinski definition) is 2. The Bertz CT molecular complexity index is 219. The van der Waals surface area contributed by atoms with Crippen LogP contribution in [0.5, 0.6) is 0 Å². The fourth-order valence-corrected chi connectivity index (χ4v) is 1.81. The molecule has 14 heavy (non-hydrogen) atoms. The average Bonchev–Trinajstić information content (AvgIpc) is 2.64. The van der Waals surface area contributed by atoms with Gasteiger partial charge in [0.25, 0.3) is 0 Å². The van der Waals surface area contributed by atoms with Gasteiger partial charge in [0.2, 0.25) is 5.91 Å². The van der Waals surface area contributed by atoms with E-state index in [9.17, 15) is 4.79 Å². The summed E-state index contributed by atoms with van der Waals surface area (Å²) < 4.78 is 0. The number of carbonyl (C=O) groups excluding carboxylic acids is 1. The SMILES string of the molecule is NC(=O)CCCN=C(N)C1CCCC1. The van der Waals surface area contributed by atoms with E-state index >= 15 is 0 Å². The molecule has 4 nitrogen and oxygen atoms in total. The van der Waals surface area contributed by atoms with Crippen molar-refractivity contribution in [3.63, 3.8) is 0 Å². The third kappa shape index (κ3) is 3.77. The lowest BCUT2D eigenvalue weighted by Crippen LogP contribution is -2.22. The number of aliphatic imine (C=N–C) groups is 1. The predicted molar refractivity (Wildman–Crippen MR) is 56.9 cm³/mol. The molecule has 0 atom stereocenters. The van der Waals surface area contributed by atoms with Crippen LogP contribution in [-0.2, 0) is 4.79 Å². The fourth-order valence-electron chi connectivity index (χ4n) is 1.81. The summed E-state index contributed by atoms with van der Waals surface area (Å²) in [4.78, 5) is 14.7. The summed E-state index contributed by atoms with van der Waals surface area (Å²) in [6.45, 7) is 0.630. The molecule has 0 bridgehead atoms. The van der Waals surface area contributed by atoms with Gasteiger partial charge in [0.1, 0.15) is 0 Å². The van der Waals surface area contributed by atoms with Gasteiger partial charge in [-0.3, -0.25) is 9.79 Å². The highest BCUT2D eigenvalue weighted by atomic mass is 16.1. The van der Waals surface area contributed by atoms with Crippen LogP contribution in [0.3, 0.4) is 0 Å². The summed E-state index contributed by atoms with van der Waals surface area (Å²) in [5.74, 6) is 0.996. The van der Waals surface area contributed by atoms with Crippen LogP contribution in [0.15, 0.2) is 4.99 Å². The molecule has 0 radical (unpaired) electrons. The molecule has 1 fully saturated rings. The second-order valence-electron chi connectivity index (χ2n) is 3.86. The highest BCUT2D eigenvalue weighted by Gasteiger charge is 2.17. The summed E-state index contributed by atoms with van der Waals surface area (Å²) in [5.41, 5.74) is 10.8. The van der Waals surface area contributed by atoms with Crippen LogP contribution in [-0.4, -0.2) is 18.3 Å². The standard InChI is InChI=1S/C10H19N3O/c11-9(14)6-3-7-13-10(12)8-4-1-2-5-8/h8H,1-7H2,(H2,11,14)(H2,12,13). The number of amidine groups is 1. The Morgan fingerprint density at radius 3 is 2.50 bits per heavy atom. The van der Waals surface area contributed by atoms with Gasteiger partial charge in [0, 0.05) is 18.9 Å². The summed E-state index contributed by atoms with van der Waals surface area (Å²) >= 11 is 0. The Morgan fingerprint density at radius 1 is 1.29 bits per heavy atom. The van der Waals surface area contributed by atoms with Crippen molar-refractivity contribution in [2.45, 2.75) is 38.5 Å². The van der Waals surface area contributed by atoms with E-state index < -0.39 is 0 Å². The molecule has 0 heterocycles. The molecular formula is C10H19N3O. The molecule has 0 unspecified atom stereocenters. The normalized spacial score (nSPS) is 18.7. The zero-order valence-electron chi connectivity index (χ0n) is 8.54. The Morgan fingerprint density at radius 2 is 1.93 bits per heavy atom. The third-order valence-corrected chi connectivity index (χ3v) is 2.65. The first-order chi connectivity index (χ1) is 6.70. The van der Waals surface area contributed by atoms with E-state index in [-0.39, 0.29) is 5.91 Å². The van der Waals surface area contributed by atoms with Gasteiger partial charge in [-0.1, -0.05) is 12.8 Å². The summed E-state index contributed by atoms with van der Waals surface area (Å²) in [7, 11) is 0. The van der Waals surface area contributed by atoms with Crippen molar-refractivity contribution in [3.8, 4) is 0 Å². The smallest absolute Gasteiger partial charge is 0.217 e. The van der Waals surface area contributed by atoms with E-state index in [2.05, 4.69) is 4.99 Å². The van der Waals surface area contributed by atoms with Crippen molar-refractivity contribution in [1.29, 1.82) is 0 Å². The molecule has 1 aliphatic carbocycles. The van der Waals surface area contributed by atoms with Gasteiger partial charge in [-0.15, -0.1) is 0 Å². The quantitative estimate of drug-likeness (QED) is 0.388. The van der Waals surface area contributed by atoms with E-state index in [1.54, 1.807) is 0 Å². The van der Waals surface area contributed by atoms with Gasteiger partial charge in [0.15, 0.2) is 0 Å². The largest absolute Gasteiger partial charge is 0.387 e. The van der Waals surface area contributed by atoms with Crippen molar-refractivity contribution in [2.75, 3.05) is 6.54 Å². The monoisotopic (exact) mass is 197 g/mol. The van der Waals surface area contributed by atoms with Crippen LogP contribution in [0.1, 0.15) is 38.5 Å². The Labute approximate surface area is 84.8 Å². The number of amides is 1. The molecule has 0 aliphatic heterocycles. The van der Waals surface area contributed by atoms with Crippen LogP contribution < -0.4 is 11.5 Å². The first kappa shape index (κ1) is 11.0. The van der Waals surface area contributed by atoms with E-state index in [1.807, 2.05) is 0 Å². The zero-order chi connectivity index (χ0) is 10.4. The van der Waals surface area contributed by atoms with E-state index in [1.165, 1.54) is 25.7 Å². The summed E-state index contributed by atoms with van der Waals surface area (Å²) in [5, 5.41) is 0. The van der Waals surface area contributed by atoms with Gasteiger partial charge in [-0.2, -0.15) is 0 Å². The maximum atomic E-state index is 10.4. The first-order valence-electron chi connectivity index (χ1n) is 5.28. The molecule has 4 N–H and O–H groups in total. The van der Waals surface area contributed by atoms with Crippen molar-refractivity contribution >= 4 is 11.7 Å². The number of nitrogens with two attached hydrogens (primary N) is 2. The molecule has 1 rings (SSSR count). The molecule has 0 spiro atoms. The number of primary amides is 1. The minimum absolute atomic E-state index is 0.264. The Hall–Kier alpha value is -1.06. The summed E-state index contributed by atoms with van der Waals surface area (Å²) in [6.07, 6.45) is 5.99. The average molecular weight is 197 g/mol. The maximum Gasteiger partial charge on any atom is 0.217 e. The molecule has 1 saturated carbocycles. The van der Waals surface area contributed by atoms with Gasteiger partial charge >= 0.3 is 0 Å². The minimum atomic E-state index is -0.264. The summed E-state index contributed by atoms with van der Waals surface area (Å²) in [6, 6.07) is 0. The van der Waals surface area contributed by atoms with Crippen molar-refractivity contribution in [2.24, 2.45) is 22.4 Å². The first-order valence-corrected chi connectivity index (χ1v) is 5.28. The molecule has 4 heteroatoms. The topological polar surface area (TPSA) is 81.5 Å². The van der Waals surface area contributed by atoms with Crippen LogP contribution in [0.4, 0.5) is 0 Å². The molecule has 1 amide bonds. The van der Waals surface area contributed by atoms with Gasteiger partial charge in [0.05, 0.1) is 5.84 Å². The molecule has 80 valence electrons. The van der Waals surface area contributed by atoms with Gasteiger partial charge in [-0.25, -0.2) is 0 Å². The third-order valence-electron chi connectivity index (χ3n) is 2.65. The van der Waals surface area contributed by atoms with Crippen LogP contribution in [0.2, 0.25) is 0 Å². The zero-order valence-corrected chi connectivity index (χ0v) is 8.54. The van der Waals surface area contributed by atoms with E-state index in [0.717, 1.165) is 5.84 Å². The molecule has 0 aromatic rings. The molecular weight excluding hydrogens is 178 g/mol. The fraction of sp³-hybridized carbons (Fsp3) is 0.800. The number of carbonyl (C=O) groups is 1. The van der Waals surface area contributed by atoms with Gasteiger partial charge in [-0.05, 0) is 19.3 Å². The van der Waals surface area contributed by atoms with Crippen molar-refractivity contribution < 1.29 is 4.79 Å². The number of rotatable bonds is 5. The Kier molecular flexibility index (Phi) is 4.43. The second kappa shape index (κ2) is 5.62. The highest BCUT2D eigenvalue weighted by Crippen LogP contribution is 2.24. The maximum absolute atomic E-state index is 10.4. The van der Waals surface area contributed by atoms with Crippen molar-refractivity contribution in [3.05, 3.63) is 0 Å². The van der Waals surface area contributed by atoms with Crippen LogP contribution in [0.25, 0.3) is 0 Å². The lowest BCUT2D eigenvalue weighted by atomic mass is 10.1. The highest BCUT2D eigenvalue weighted by molar-refractivity contribution is 5.83. The lowest BCUT2D eigenvalue weighted by Gasteiger charge is -2.07. The molecule has 0 saturated heterocycles. The van der Waals surface area contributed by atoms with Crippen LogP contribution in [0, 0.1) is 5.92 Å². The van der Waals surface area contributed by atoms with E-state index in [0.29, 0.717) is 25.3 Å². The lowest BCUT2D eigenvalue weighted by molar-refractivity contribution is -0.118. The minimum Gasteiger partial charge on any atom is -0.387 e. The van der Waals surface area contributed by atoms with Crippen molar-refractivity contribution in [1.82, 2.24) is 0 Å². The number of nitrogens with zero attached hydrogens (tertiary/aromatic N) is 1.